The number of hydrogen-bond donors (Lipinski definition) is 1. The van der Waals surface area contributed by atoms with E-state index in [2.05, 4.69) is 123 Å². The first-order chi connectivity index (χ1) is 35.0. The van der Waals surface area contributed by atoms with Gasteiger partial charge in [0.2, 0.25) is 0 Å². The summed E-state index contributed by atoms with van der Waals surface area (Å²) in [6.07, 6.45) is 72.9. The van der Waals surface area contributed by atoms with Crippen LogP contribution in [-0.2, 0) is 32.7 Å². The molecule has 10 heteroatoms. The maximum atomic E-state index is 12.8. The maximum absolute atomic E-state index is 12.8. The van der Waals surface area contributed by atoms with Crippen LogP contribution >= 0.6 is 7.82 Å². The number of likely N-dealkylation sites (N-methyl/N-ethyl adjacent to an activating group) is 1. The zero-order chi connectivity index (χ0) is 52.7. The Morgan fingerprint density at radius 3 is 1.19 bits per heavy atom. The lowest BCUT2D eigenvalue weighted by Gasteiger charge is -2.24. The summed E-state index contributed by atoms with van der Waals surface area (Å²) in [5.41, 5.74) is 0. The zero-order valence-electron chi connectivity index (χ0n) is 46.6. The molecule has 412 valence electrons. The summed E-state index contributed by atoms with van der Waals surface area (Å²) < 4.78 is 34.5. The van der Waals surface area contributed by atoms with Crippen LogP contribution in [0.15, 0.2) is 109 Å². The van der Waals surface area contributed by atoms with E-state index in [0.717, 1.165) is 116 Å². The lowest BCUT2D eigenvalue weighted by molar-refractivity contribution is -0.870. The molecule has 0 aliphatic carbocycles. The van der Waals surface area contributed by atoms with Crippen molar-refractivity contribution in [2.45, 2.75) is 225 Å². The molecule has 0 saturated heterocycles. The molecule has 2 atom stereocenters. The fourth-order valence-electron chi connectivity index (χ4n) is 7.38. The van der Waals surface area contributed by atoms with E-state index in [9.17, 15) is 19.0 Å². The first-order valence-corrected chi connectivity index (χ1v) is 30.1. The minimum absolute atomic E-state index is 0.0236. The Kier molecular flexibility index (Phi) is 50.1. The number of carbonyl (C=O) groups is 2. The number of quaternary nitrogens is 1. The quantitative estimate of drug-likeness (QED) is 0.0211. The second-order valence-corrected chi connectivity index (χ2v) is 21.4. The molecule has 0 aliphatic heterocycles. The maximum Gasteiger partial charge on any atom is 0.472 e. The van der Waals surface area contributed by atoms with Crippen LogP contribution in [0.5, 0.6) is 0 Å². The largest absolute Gasteiger partial charge is 0.472 e. The Hall–Kier alpha value is -3.33. The van der Waals surface area contributed by atoms with E-state index >= 15 is 0 Å². The van der Waals surface area contributed by atoms with Crippen LogP contribution in [0.4, 0.5) is 0 Å². The van der Waals surface area contributed by atoms with E-state index in [0.29, 0.717) is 17.4 Å². The third-order valence-electron chi connectivity index (χ3n) is 11.8. The monoisotopic (exact) mass is 1020 g/mol. The van der Waals surface area contributed by atoms with Gasteiger partial charge in [-0.05, 0) is 103 Å². The second-order valence-electron chi connectivity index (χ2n) is 19.9. The first-order valence-electron chi connectivity index (χ1n) is 28.6. The van der Waals surface area contributed by atoms with Crippen LogP contribution in [0.1, 0.15) is 219 Å². The number of phosphoric acid groups is 1. The lowest BCUT2D eigenvalue weighted by Crippen LogP contribution is -2.37. The fourth-order valence-corrected chi connectivity index (χ4v) is 8.12. The zero-order valence-corrected chi connectivity index (χ0v) is 47.5. The van der Waals surface area contributed by atoms with E-state index in [1.54, 1.807) is 0 Å². The summed E-state index contributed by atoms with van der Waals surface area (Å²) in [6, 6.07) is 0. The molecule has 0 amide bonds. The minimum Gasteiger partial charge on any atom is -0.462 e. The number of carbonyl (C=O) groups excluding carboxylic acids is 2. The molecule has 0 spiro atoms. The summed E-state index contributed by atoms with van der Waals surface area (Å²) in [5.74, 6) is -0.822. The van der Waals surface area contributed by atoms with Gasteiger partial charge in [0.1, 0.15) is 19.8 Å². The normalized spacial score (nSPS) is 14.1. The number of esters is 2. The highest BCUT2D eigenvalue weighted by atomic mass is 31.2. The molecule has 1 N–H and O–H groups in total. The number of hydrogen-bond acceptors (Lipinski definition) is 7. The first kappa shape index (κ1) is 68.7. The molecule has 0 heterocycles. The number of phosphoric ester groups is 1. The summed E-state index contributed by atoms with van der Waals surface area (Å²) in [5, 5.41) is 0. The Morgan fingerprint density at radius 2 is 0.792 bits per heavy atom. The number of rotatable bonds is 51. The van der Waals surface area contributed by atoms with Crippen molar-refractivity contribution >= 4 is 19.8 Å². The molecule has 0 bridgehead atoms. The van der Waals surface area contributed by atoms with Crippen LogP contribution < -0.4 is 0 Å². The van der Waals surface area contributed by atoms with Gasteiger partial charge in [0.05, 0.1) is 27.7 Å². The molecule has 9 nitrogen and oxygen atoms in total. The highest BCUT2D eigenvalue weighted by Crippen LogP contribution is 2.43. The van der Waals surface area contributed by atoms with Crippen molar-refractivity contribution in [3.8, 4) is 0 Å². The van der Waals surface area contributed by atoms with Crippen LogP contribution in [0.2, 0.25) is 0 Å². The van der Waals surface area contributed by atoms with Gasteiger partial charge in [-0.1, -0.05) is 213 Å². The van der Waals surface area contributed by atoms with E-state index < -0.39 is 26.5 Å². The van der Waals surface area contributed by atoms with Gasteiger partial charge >= 0.3 is 19.8 Å². The van der Waals surface area contributed by atoms with E-state index in [-0.39, 0.29) is 32.0 Å². The summed E-state index contributed by atoms with van der Waals surface area (Å²) in [7, 11) is 1.45. The van der Waals surface area contributed by atoms with Crippen molar-refractivity contribution in [1.29, 1.82) is 0 Å². The standard InChI is InChI=1S/C62H106NO8P/c1-6-8-10-12-14-16-18-20-22-23-24-25-26-27-28-29-30-31-32-33-34-35-36-37-38-39-41-43-45-47-49-51-53-55-62(65)71-60(59-70-72(66,67)69-57-56-63(3,4)5)58-68-61(64)54-52-50-48-46-44-42-40-21-19-17-15-13-11-9-7-2/h8,10,14,16,20-22,24-25,27-28,30-31,33-34,36-37,40,60H,6-7,9,11-13,15,17-19,23,26,29,32,35,38-39,41-59H2,1-5H3/p+1/b10-8-,16-14-,22-20-,25-24-,28-27-,31-30-,34-33-,37-36-,40-21-. The van der Waals surface area contributed by atoms with Gasteiger partial charge in [0, 0.05) is 12.8 Å². The van der Waals surface area contributed by atoms with Gasteiger partial charge in [0.15, 0.2) is 6.10 Å². The Bertz CT molecular complexity index is 1580. The molecule has 0 fully saturated rings. The fraction of sp³-hybridized carbons (Fsp3) is 0.677. The molecule has 0 aromatic carbocycles. The molecule has 0 aromatic heterocycles. The predicted octanol–water partition coefficient (Wildman–Crippen LogP) is 17.8. The van der Waals surface area contributed by atoms with Crippen molar-refractivity contribution in [1.82, 2.24) is 0 Å². The van der Waals surface area contributed by atoms with Gasteiger partial charge in [-0.2, -0.15) is 0 Å². The molecule has 0 rings (SSSR count). The predicted molar refractivity (Wildman–Crippen MR) is 307 cm³/mol. The van der Waals surface area contributed by atoms with Gasteiger partial charge in [0.25, 0.3) is 0 Å². The van der Waals surface area contributed by atoms with Gasteiger partial charge < -0.3 is 18.9 Å². The van der Waals surface area contributed by atoms with Crippen molar-refractivity contribution in [3.63, 3.8) is 0 Å². The Labute approximate surface area is 442 Å². The molecule has 0 saturated carbocycles. The minimum atomic E-state index is -4.39. The highest BCUT2D eigenvalue weighted by molar-refractivity contribution is 7.47. The molecule has 0 aromatic rings. The number of nitrogens with zero attached hydrogens (tertiary/aromatic N) is 1. The molecule has 2 unspecified atom stereocenters. The van der Waals surface area contributed by atoms with Crippen molar-refractivity contribution in [3.05, 3.63) is 109 Å². The average molecular weight is 1030 g/mol. The lowest BCUT2D eigenvalue weighted by atomic mass is 10.1. The summed E-state index contributed by atoms with van der Waals surface area (Å²) in [4.78, 5) is 35.6. The number of unbranched alkanes of at least 4 members (excludes halogenated alkanes) is 19. The van der Waals surface area contributed by atoms with Gasteiger partial charge in [-0.25, -0.2) is 4.57 Å². The Balaban J connectivity index is 4.19. The van der Waals surface area contributed by atoms with Gasteiger partial charge in [-0.3, -0.25) is 18.6 Å². The van der Waals surface area contributed by atoms with Crippen LogP contribution in [0.25, 0.3) is 0 Å². The van der Waals surface area contributed by atoms with Crippen molar-refractivity contribution < 1.29 is 42.1 Å². The van der Waals surface area contributed by atoms with Crippen LogP contribution in [0.3, 0.4) is 0 Å². The van der Waals surface area contributed by atoms with E-state index in [4.69, 9.17) is 18.5 Å². The smallest absolute Gasteiger partial charge is 0.462 e. The number of ether oxygens (including phenoxy) is 2. The van der Waals surface area contributed by atoms with Crippen LogP contribution in [-0.4, -0.2) is 74.9 Å². The van der Waals surface area contributed by atoms with Crippen molar-refractivity contribution in [2.24, 2.45) is 0 Å². The highest BCUT2D eigenvalue weighted by Gasteiger charge is 2.27. The number of allylic oxidation sites excluding steroid dienone is 18. The topological polar surface area (TPSA) is 108 Å². The molecule has 72 heavy (non-hydrogen) atoms. The second kappa shape index (κ2) is 52.5. The molecular formula is C62H107NO8P+. The summed E-state index contributed by atoms with van der Waals surface area (Å²) in [6.45, 7) is 4.28. The van der Waals surface area contributed by atoms with E-state index in [1.807, 2.05) is 21.1 Å². The third-order valence-corrected chi connectivity index (χ3v) is 12.8. The summed E-state index contributed by atoms with van der Waals surface area (Å²) >= 11 is 0. The Morgan fingerprint density at radius 1 is 0.444 bits per heavy atom. The van der Waals surface area contributed by atoms with Crippen molar-refractivity contribution in [2.75, 3.05) is 47.5 Å². The third kappa shape index (κ3) is 56.0. The van der Waals surface area contributed by atoms with Crippen LogP contribution in [0, 0.1) is 0 Å². The molecule has 0 radical (unpaired) electrons. The SMILES string of the molecule is CC/C=C\C/C=C\C/C=C\C/C=C\C/C=C\C/C=C\C/C=C\C/C=C\CCCCCCCCCCC(=O)OC(COC(=O)CCCCCCC/C=C\CCCCCCCC)COP(=O)(O)OCC[N+](C)(C)C. The average Bonchev–Trinajstić information content (AvgIpc) is 3.34. The van der Waals surface area contributed by atoms with Gasteiger partial charge in [-0.15, -0.1) is 0 Å². The molecule has 0 aliphatic rings. The van der Waals surface area contributed by atoms with E-state index in [1.165, 1.54) is 70.6 Å². The molecular weight excluding hydrogens is 918 g/mol.